The molecule has 0 spiro atoms. The standard InChI is InChI=1S/C18H29N3O4S.ClH/c1-14-7-8-15(20-18(22)12-16(13-19)25-2)11-17(14)26(23,24)21-9-5-3-4-6-10-21;/h7-8,11,16H,3-6,9-10,12-13,19H2,1-2H3,(H,20,22);1H. The summed E-state index contributed by atoms with van der Waals surface area (Å²) in [6.45, 7) is 3.10. The number of rotatable bonds is 7. The third-order valence-electron chi connectivity index (χ3n) is 4.66. The molecule has 27 heavy (non-hydrogen) atoms. The molecule has 0 aromatic heterocycles. The van der Waals surface area contributed by atoms with Gasteiger partial charge in [0.2, 0.25) is 15.9 Å². The van der Waals surface area contributed by atoms with Gasteiger partial charge in [0.1, 0.15) is 0 Å². The van der Waals surface area contributed by atoms with Crippen molar-refractivity contribution >= 4 is 34.0 Å². The summed E-state index contributed by atoms with van der Waals surface area (Å²) in [6, 6.07) is 4.97. The van der Waals surface area contributed by atoms with Gasteiger partial charge in [0.25, 0.3) is 0 Å². The molecule has 1 aromatic rings. The number of carbonyl (C=O) groups excluding carboxylic acids is 1. The number of methoxy groups -OCH3 is 1. The van der Waals surface area contributed by atoms with Crippen molar-refractivity contribution in [2.24, 2.45) is 5.73 Å². The van der Waals surface area contributed by atoms with Gasteiger partial charge in [-0.1, -0.05) is 18.9 Å². The summed E-state index contributed by atoms with van der Waals surface area (Å²) in [5.74, 6) is -0.260. The molecule has 0 bridgehead atoms. The van der Waals surface area contributed by atoms with Gasteiger partial charge in [-0.15, -0.1) is 12.4 Å². The van der Waals surface area contributed by atoms with E-state index in [1.54, 1.807) is 23.4 Å². The number of halogens is 1. The van der Waals surface area contributed by atoms with Gasteiger partial charge in [-0.25, -0.2) is 8.42 Å². The molecule has 1 atom stereocenters. The number of ether oxygens (including phenoxy) is 1. The molecule has 1 aromatic carbocycles. The highest BCUT2D eigenvalue weighted by Gasteiger charge is 2.27. The summed E-state index contributed by atoms with van der Waals surface area (Å²) < 4.78 is 32.8. The molecule has 1 saturated heterocycles. The Morgan fingerprint density at radius 3 is 2.44 bits per heavy atom. The van der Waals surface area contributed by atoms with Crippen molar-refractivity contribution < 1.29 is 17.9 Å². The van der Waals surface area contributed by atoms with Gasteiger partial charge in [0.15, 0.2) is 0 Å². The van der Waals surface area contributed by atoms with E-state index in [4.69, 9.17) is 10.5 Å². The van der Waals surface area contributed by atoms with E-state index >= 15 is 0 Å². The lowest BCUT2D eigenvalue weighted by molar-refractivity contribution is -0.118. The van der Waals surface area contributed by atoms with Gasteiger partial charge in [-0.3, -0.25) is 4.79 Å². The van der Waals surface area contributed by atoms with Crippen LogP contribution in [0.5, 0.6) is 0 Å². The van der Waals surface area contributed by atoms with Crippen molar-refractivity contribution in [2.45, 2.75) is 50.0 Å². The van der Waals surface area contributed by atoms with E-state index in [1.165, 1.54) is 13.2 Å². The highest BCUT2D eigenvalue weighted by atomic mass is 35.5. The number of nitrogens with two attached hydrogens (primary N) is 1. The van der Waals surface area contributed by atoms with Crippen molar-refractivity contribution in [3.63, 3.8) is 0 Å². The van der Waals surface area contributed by atoms with Gasteiger partial charge >= 0.3 is 0 Å². The first-order valence-electron chi connectivity index (χ1n) is 9.02. The number of hydrogen-bond acceptors (Lipinski definition) is 5. The number of benzene rings is 1. The van der Waals surface area contributed by atoms with E-state index in [-0.39, 0.29) is 42.3 Å². The van der Waals surface area contributed by atoms with Crippen LogP contribution in [0.3, 0.4) is 0 Å². The Hall–Kier alpha value is -1.19. The summed E-state index contributed by atoms with van der Waals surface area (Å²) in [7, 11) is -2.07. The molecule has 0 saturated carbocycles. The third-order valence-corrected chi connectivity index (χ3v) is 6.70. The quantitative estimate of drug-likeness (QED) is 0.705. The van der Waals surface area contributed by atoms with E-state index in [2.05, 4.69) is 5.32 Å². The van der Waals surface area contributed by atoms with E-state index in [1.807, 2.05) is 0 Å². The molecular formula is C18H30ClN3O4S. The number of nitrogens with one attached hydrogen (secondary N) is 1. The van der Waals surface area contributed by atoms with Crippen LogP contribution in [0.25, 0.3) is 0 Å². The second kappa shape index (κ2) is 11.0. The van der Waals surface area contributed by atoms with Crippen LogP contribution >= 0.6 is 12.4 Å². The minimum absolute atomic E-state index is 0. The zero-order chi connectivity index (χ0) is 19.2. The van der Waals surface area contributed by atoms with Crippen LogP contribution in [0.1, 0.15) is 37.7 Å². The van der Waals surface area contributed by atoms with Crippen molar-refractivity contribution in [3.8, 4) is 0 Å². The Kier molecular flexibility index (Phi) is 9.69. The molecule has 0 radical (unpaired) electrons. The summed E-state index contributed by atoms with van der Waals surface area (Å²) >= 11 is 0. The lowest BCUT2D eigenvalue weighted by atomic mass is 10.2. The van der Waals surface area contributed by atoms with E-state index < -0.39 is 10.0 Å². The molecular weight excluding hydrogens is 390 g/mol. The predicted octanol–water partition coefficient (Wildman–Crippen LogP) is 2.28. The first-order valence-corrected chi connectivity index (χ1v) is 10.5. The van der Waals surface area contributed by atoms with Gasteiger partial charge in [-0.2, -0.15) is 4.31 Å². The molecule has 0 aliphatic carbocycles. The van der Waals surface area contributed by atoms with Crippen molar-refractivity contribution in [1.29, 1.82) is 0 Å². The SMILES string of the molecule is COC(CN)CC(=O)Nc1ccc(C)c(S(=O)(=O)N2CCCCCC2)c1.Cl. The van der Waals surface area contributed by atoms with E-state index in [9.17, 15) is 13.2 Å². The second-order valence-corrected chi connectivity index (χ2v) is 8.55. The number of hydrogen-bond donors (Lipinski definition) is 2. The van der Waals surface area contributed by atoms with Crippen LogP contribution in [0.2, 0.25) is 0 Å². The van der Waals surface area contributed by atoms with Crippen LogP contribution in [0.15, 0.2) is 23.1 Å². The summed E-state index contributed by atoms with van der Waals surface area (Å²) in [5, 5.41) is 2.74. The molecule has 1 unspecified atom stereocenters. The summed E-state index contributed by atoms with van der Waals surface area (Å²) in [4.78, 5) is 12.4. The number of carbonyl (C=O) groups is 1. The topological polar surface area (TPSA) is 102 Å². The maximum Gasteiger partial charge on any atom is 0.243 e. The average molecular weight is 420 g/mol. The Labute approximate surface area is 168 Å². The smallest absolute Gasteiger partial charge is 0.243 e. The normalized spacial score (nSPS) is 16.9. The van der Waals surface area contributed by atoms with Crippen LogP contribution in [-0.4, -0.2) is 51.5 Å². The largest absolute Gasteiger partial charge is 0.380 e. The average Bonchev–Trinajstić information content (AvgIpc) is 2.91. The molecule has 154 valence electrons. The lowest BCUT2D eigenvalue weighted by Gasteiger charge is -2.21. The summed E-state index contributed by atoms with van der Waals surface area (Å²) in [6.07, 6.45) is 3.64. The monoisotopic (exact) mass is 419 g/mol. The van der Waals surface area contributed by atoms with Crippen LogP contribution in [0, 0.1) is 6.92 Å². The van der Waals surface area contributed by atoms with Gasteiger partial charge < -0.3 is 15.8 Å². The number of aryl methyl sites for hydroxylation is 1. The molecule has 7 nitrogen and oxygen atoms in total. The van der Waals surface area contributed by atoms with Crippen LogP contribution in [0.4, 0.5) is 5.69 Å². The maximum absolute atomic E-state index is 13.0. The molecule has 1 amide bonds. The minimum atomic E-state index is -3.57. The number of sulfonamides is 1. The third kappa shape index (κ3) is 6.43. The Morgan fingerprint density at radius 1 is 1.26 bits per heavy atom. The first-order chi connectivity index (χ1) is 12.4. The minimum Gasteiger partial charge on any atom is -0.380 e. The summed E-state index contributed by atoms with van der Waals surface area (Å²) in [5.41, 5.74) is 6.66. The maximum atomic E-state index is 13.0. The van der Waals surface area contributed by atoms with Gasteiger partial charge in [-0.05, 0) is 37.5 Å². The molecule has 1 aliphatic heterocycles. The highest BCUT2D eigenvalue weighted by Crippen LogP contribution is 2.26. The molecule has 1 fully saturated rings. The van der Waals surface area contributed by atoms with Crippen molar-refractivity contribution in [1.82, 2.24) is 4.31 Å². The molecule has 1 aliphatic rings. The fourth-order valence-electron chi connectivity index (χ4n) is 3.06. The highest BCUT2D eigenvalue weighted by molar-refractivity contribution is 7.89. The second-order valence-electron chi connectivity index (χ2n) is 6.64. The number of anilines is 1. The molecule has 9 heteroatoms. The van der Waals surface area contributed by atoms with Crippen molar-refractivity contribution in [3.05, 3.63) is 23.8 Å². The Bertz CT molecular complexity index is 715. The predicted molar refractivity (Wildman–Crippen MR) is 109 cm³/mol. The fraction of sp³-hybridized carbons (Fsp3) is 0.611. The molecule has 1 heterocycles. The van der Waals surface area contributed by atoms with Crippen molar-refractivity contribution in [2.75, 3.05) is 32.1 Å². The zero-order valence-electron chi connectivity index (χ0n) is 15.9. The zero-order valence-corrected chi connectivity index (χ0v) is 17.6. The molecule has 2 rings (SSSR count). The fourth-order valence-corrected chi connectivity index (χ4v) is 4.83. The van der Waals surface area contributed by atoms with Gasteiger partial charge in [0.05, 0.1) is 17.4 Å². The van der Waals surface area contributed by atoms with E-state index in [0.29, 0.717) is 24.3 Å². The molecule has 3 N–H and O–H groups in total. The lowest BCUT2D eigenvalue weighted by Crippen LogP contribution is -2.32. The Morgan fingerprint density at radius 2 is 1.89 bits per heavy atom. The van der Waals surface area contributed by atoms with Crippen LogP contribution < -0.4 is 11.1 Å². The van der Waals surface area contributed by atoms with Crippen LogP contribution in [-0.2, 0) is 19.6 Å². The first kappa shape index (κ1) is 23.8. The number of nitrogens with zero attached hydrogens (tertiary/aromatic N) is 1. The van der Waals surface area contributed by atoms with Gasteiger partial charge in [0, 0.05) is 32.4 Å². The number of amides is 1. The van der Waals surface area contributed by atoms with E-state index in [0.717, 1.165) is 25.7 Å². The Balaban J connectivity index is 0.00000364.